The molecular formula is C29H27ClN2O3S. The summed E-state index contributed by atoms with van der Waals surface area (Å²) < 4.78 is 29.1. The molecule has 0 saturated carbocycles. The lowest BCUT2D eigenvalue weighted by Crippen LogP contribution is -2.30. The molecular weight excluding hydrogens is 492 g/mol. The van der Waals surface area contributed by atoms with Crippen molar-refractivity contribution in [3.63, 3.8) is 0 Å². The monoisotopic (exact) mass is 518 g/mol. The van der Waals surface area contributed by atoms with Gasteiger partial charge in [-0.3, -0.25) is 9.52 Å². The van der Waals surface area contributed by atoms with Crippen LogP contribution in [0.2, 0.25) is 5.02 Å². The largest absolute Gasteiger partial charge is 0.330 e. The minimum Gasteiger partial charge on any atom is -0.330 e. The fourth-order valence-electron chi connectivity index (χ4n) is 3.96. The van der Waals surface area contributed by atoms with Crippen molar-refractivity contribution in [1.29, 1.82) is 0 Å². The topological polar surface area (TPSA) is 66.5 Å². The zero-order valence-corrected chi connectivity index (χ0v) is 21.7. The molecule has 0 saturated heterocycles. The molecule has 0 spiro atoms. The Morgan fingerprint density at radius 2 is 1.39 bits per heavy atom. The number of hydrogen-bond donors (Lipinski definition) is 1. The summed E-state index contributed by atoms with van der Waals surface area (Å²) in [6, 6.07) is 29.2. The van der Waals surface area contributed by atoms with Crippen LogP contribution in [0.3, 0.4) is 0 Å². The summed E-state index contributed by atoms with van der Waals surface area (Å²) in [6.07, 6.45) is 0. The van der Waals surface area contributed by atoms with Crippen molar-refractivity contribution >= 4 is 33.2 Å². The Balaban J connectivity index is 1.66. The van der Waals surface area contributed by atoms with Gasteiger partial charge in [0.05, 0.1) is 10.7 Å². The number of anilines is 1. The van der Waals surface area contributed by atoms with Crippen LogP contribution in [0.25, 0.3) is 0 Å². The van der Waals surface area contributed by atoms with Crippen LogP contribution >= 0.6 is 11.6 Å². The molecule has 184 valence electrons. The molecule has 0 aliphatic rings. The Morgan fingerprint density at radius 3 is 1.94 bits per heavy atom. The number of carbonyl (C=O) groups excluding carboxylic acids is 1. The molecule has 0 heterocycles. The van der Waals surface area contributed by atoms with Crippen LogP contribution in [0.15, 0.2) is 102 Å². The minimum absolute atomic E-state index is 0.0430. The average molecular weight is 519 g/mol. The molecule has 4 aromatic rings. The number of benzene rings is 4. The summed E-state index contributed by atoms with van der Waals surface area (Å²) in [5, 5.41) is 0.0430. The van der Waals surface area contributed by atoms with Crippen molar-refractivity contribution in [3.8, 4) is 0 Å². The summed E-state index contributed by atoms with van der Waals surface area (Å²) in [4.78, 5) is 15.2. The number of nitrogens with zero attached hydrogens (tertiary/aromatic N) is 1. The lowest BCUT2D eigenvalue weighted by molar-refractivity contribution is 0.0730. The minimum atomic E-state index is -4.03. The lowest BCUT2D eigenvalue weighted by atomic mass is 10.1. The van der Waals surface area contributed by atoms with Crippen molar-refractivity contribution in [1.82, 2.24) is 4.90 Å². The van der Waals surface area contributed by atoms with Gasteiger partial charge < -0.3 is 4.90 Å². The molecule has 0 fully saturated rings. The highest BCUT2D eigenvalue weighted by atomic mass is 35.5. The molecule has 7 heteroatoms. The Kier molecular flexibility index (Phi) is 7.77. The Labute approximate surface area is 217 Å². The number of rotatable bonds is 8. The number of aryl methyl sites for hydroxylation is 2. The van der Waals surface area contributed by atoms with E-state index in [0.717, 1.165) is 22.3 Å². The van der Waals surface area contributed by atoms with Gasteiger partial charge in [-0.05, 0) is 54.8 Å². The normalized spacial score (nSPS) is 11.2. The molecule has 1 amide bonds. The quantitative estimate of drug-likeness (QED) is 0.286. The average Bonchev–Trinajstić information content (AvgIpc) is 2.86. The summed E-state index contributed by atoms with van der Waals surface area (Å²) in [6.45, 7) is 4.52. The van der Waals surface area contributed by atoms with Crippen molar-refractivity contribution < 1.29 is 13.2 Å². The van der Waals surface area contributed by atoms with Crippen molar-refractivity contribution in [2.45, 2.75) is 31.8 Å². The molecule has 5 nitrogen and oxygen atoms in total. The third-order valence-electron chi connectivity index (χ3n) is 5.81. The second-order valence-electron chi connectivity index (χ2n) is 8.70. The molecule has 4 rings (SSSR count). The van der Waals surface area contributed by atoms with E-state index >= 15 is 0 Å². The maximum Gasteiger partial charge on any atom is 0.263 e. The van der Waals surface area contributed by atoms with E-state index in [1.807, 2.05) is 86.6 Å². The highest BCUT2D eigenvalue weighted by Gasteiger charge is 2.23. The molecule has 0 aliphatic carbocycles. The first-order valence-electron chi connectivity index (χ1n) is 11.5. The third kappa shape index (κ3) is 6.14. The second-order valence-corrected chi connectivity index (χ2v) is 10.8. The van der Waals surface area contributed by atoms with E-state index in [1.165, 1.54) is 12.1 Å². The fraction of sp³-hybridized carbons (Fsp3) is 0.138. The van der Waals surface area contributed by atoms with Gasteiger partial charge in [0, 0.05) is 18.7 Å². The van der Waals surface area contributed by atoms with Gasteiger partial charge >= 0.3 is 0 Å². The predicted octanol–water partition coefficient (Wildman–Crippen LogP) is 6.60. The second kappa shape index (κ2) is 11.0. The molecule has 0 atom stereocenters. The first-order chi connectivity index (χ1) is 17.2. The van der Waals surface area contributed by atoms with Crippen LogP contribution in [0.4, 0.5) is 5.69 Å². The Hall–Kier alpha value is -3.61. The van der Waals surface area contributed by atoms with Gasteiger partial charge in [0.2, 0.25) is 0 Å². The van der Waals surface area contributed by atoms with Crippen LogP contribution in [-0.4, -0.2) is 19.2 Å². The Bertz CT molecular complexity index is 1430. The first kappa shape index (κ1) is 25.5. The molecule has 4 aromatic carbocycles. The molecule has 0 unspecified atom stereocenters. The van der Waals surface area contributed by atoms with E-state index in [0.29, 0.717) is 18.8 Å². The number of amides is 1. The number of hydrogen-bond acceptors (Lipinski definition) is 3. The SMILES string of the molecule is Cc1ccc(NS(=O)(=O)c2cc(C(=O)N(Cc3ccccc3)Cc3ccccc3)ccc2Cl)c(C)c1. The Morgan fingerprint density at radius 1 is 0.806 bits per heavy atom. The van der Waals surface area contributed by atoms with Crippen LogP contribution in [-0.2, 0) is 23.1 Å². The van der Waals surface area contributed by atoms with Gasteiger partial charge in [-0.15, -0.1) is 0 Å². The van der Waals surface area contributed by atoms with Crippen molar-refractivity contribution in [3.05, 3.63) is 130 Å². The van der Waals surface area contributed by atoms with E-state index < -0.39 is 10.0 Å². The van der Waals surface area contributed by atoms with Crippen molar-refractivity contribution in [2.24, 2.45) is 0 Å². The van der Waals surface area contributed by atoms with Gasteiger partial charge in [-0.2, -0.15) is 0 Å². The molecule has 0 aliphatic heterocycles. The van der Waals surface area contributed by atoms with Crippen molar-refractivity contribution in [2.75, 3.05) is 4.72 Å². The van der Waals surface area contributed by atoms with E-state index in [1.54, 1.807) is 17.0 Å². The number of nitrogens with one attached hydrogen (secondary N) is 1. The van der Waals surface area contributed by atoms with E-state index in [2.05, 4.69) is 4.72 Å². The van der Waals surface area contributed by atoms with Crippen LogP contribution in [0.1, 0.15) is 32.6 Å². The standard InChI is InChI=1S/C29H27ClN2O3S/c1-21-13-16-27(22(2)17-21)31-36(34,35)28-18-25(14-15-26(28)30)29(33)32(19-23-9-5-3-6-10-23)20-24-11-7-4-8-12-24/h3-18,31H,19-20H2,1-2H3. The number of carbonyl (C=O) groups is 1. The van der Waals surface area contributed by atoms with E-state index in [9.17, 15) is 13.2 Å². The summed E-state index contributed by atoms with van der Waals surface area (Å²) >= 11 is 6.31. The van der Waals surface area contributed by atoms with E-state index in [-0.39, 0.29) is 21.4 Å². The summed E-state index contributed by atoms with van der Waals surface area (Å²) in [7, 11) is -4.03. The molecule has 0 radical (unpaired) electrons. The summed E-state index contributed by atoms with van der Waals surface area (Å²) in [5.74, 6) is -0.290. The highest BCUT2D eigenvalue weighted by molar-refractivity contribution is 7.92. The van der Waals surface area contributed by atoms with Gasteiger partial charge in [0.1, 0.15) is 4.90 Å². The lowest BCUT2D eigenvalue weighted by Gasteiger charge is -2.24. The number of halogens is 1. The fourth-order valence-corrected chi connectivity index (χ4v) is 5.62. The molecule has 1 N–H and O–H groups in total. The highest BCUT2D eigenvalue weighted by Crippen LogP contribution is 2.27. The van der Waals surface area contributed by atoms with Gasteiger partial charge in [0.25, 0.3) is 15.9 Å². The smallest absolute Gasteiger partial charge is 0.263 e. The third-order valence-corrected chi connectivity index (χ3v) is 7.66. The zero-order valence-electron chi connectivity index (χ0n) is 20.1. The zero-order chi connectivity index (χ0) is 25.7. The molecule has 0 aromatic heterocycles. The van der Waals surface area contributed by atoms with E-state index in [4.69, 9.17) is 11.6 Å². The summed E-state index contributed by atoms with van der Waals surface area (Å²) in [5.41, 5.74) is 4.47. The van der Waals surface area contributed by atoms with Gasteiger partial charge in [-0.1, -0.05) is 90.0 Å². The van der Waals surface area contributed by atoms with Crippen LogP contribution < -0.4 is 4.72 Å². The molecule has 36 heavy (non-hydrogen) atoms. The van der Waals surface area contributed by atoms with Crippen LogP contribution in [0.5, 0.6) is 0 Å². The predicted molar refractivity (Wildman–Crippen MR) is 145 cm³/mol. The number of sulfonamides is 1. The first-order valence-corrected chi connectivity index (χ1v) is 13.4. The van der Waals surface area contributed by atoms with Gasteiger partial charge in [-0.25, -0.2) is 8.42 Å². The maximum absolute atomic E-state index is 13.7. The maximum atomic E-state index is 13.7. The van der Waals surface area contributed by atoms with Crippen LogP contribution in [0, 0.1) is 13.8 Å². The van der Waals surface area contributed by atoms with Gasteiger partial charge in [0.15, 0.2) is 0 Å². The molecule has 0 bridgehead atoms.